The van der Waals surface area contributed by atoms with Gasteiger partial charge in [0.25, 0.3) is 0 Å². The molecule has 0 saturated carbocycles. The smallest absolute Gasteiger partial charge is 0.327 e. The third-order valence-electron chi connectivity index (χ3n) is 6.39. The standard InChI is InChI=1S/C24H27ClN4O3/c1-15-12-16(9-10-27-15)13-20-21(22(30)26-2)29(23(20)31)24(32)28-11-3-4-18(14-28)17-5-7-19(25)8-6-17/h5-10,12,18,20-21H,3-4,11,13-14H2,1-2H3,(H,26,30)/t18?,20-,21+/m1/s1. The van der Waals surface area contributed by atoms with E-state index < -0.39 is 12.0 Å². The van der Waals surface area contributed by atoms with Crippen LogP contribution in [0.5, 0.6) is 0 Å². The second-order valence-corrected chi connectivity index (χ2v) is 8.94. The van der Waals surface area contributed by atoms with Crippen molar-refractivity contribution in [3.8, 4) is 0 Å². The number of nitrogens with one attached hydrogen (secondary N) is 1. The molecule has 2 saturated heterocycles. The number of aryl methyl sites for hydroxylation is 1. The second-order valence-electron chi connectivity index (χ2n) is 8.50. The molecule has 1 unspecified atom stereocenters. The van der Waals surface area contributed by atoms with Crippen LogP contribution in [-0.4, -0.2) is 58.8 Å². The third-order valence-corrected chi connectivity index (χ3v) is 6.64. The fraction of sp³-hybridized carbons (Fsp3) is 0.417. The molecule has 8 heteroatoms. The van der Waals surface area contributed by atoms with Gasteiger partial charge in [0, 0.05) is 43.0 Å². The number of rotatable bonds is 4. The summed E-state index contributed by atoms with van der Waals surface area (Å²) in [7, 11) is 1.53. The number of likely N-dealkylation sites (N-methyl/N-ethyl adjacent to an activating group) is 1. The van der Waals surface area contributed by atoms with E-state index in [0.717, 1.165) is 34.6 Å². The minimum absolute atomic E-state index is 0.176. The number of nitrogens with zero attached hydrogens (tertiary/aromatic N) is 3. The molecule has 7 nitrogen and oxygen atoms in total. The first-order valence-corrected chi connectivity index (χ1v) is 11.3. The number of halogens is 1. The predicted molar refractivity (Wildman–Crippen MR) is 121 cm³/mol. The molecule has 4 amide bonds. The second kappa shape index (κ2) is 9.28. The summed E-state index contributed by atoms with van der Waals surface area (Å²) in [6.07, 6.45) is 3.89. The van der Waals surface area contributed by atoms with Gasteiger partial charge in [0.15, 0.2) is 0 Å². The lowest BCUT2D eigenvalue weighted by Gasteiger charge is -2.47. The number of piperidine rings is 1. The molecule has 1 N–H and O–H groups in total. The van der Waals surface area contributed by atoms with Crippen molar-refractivity contribution in [1.29, 1.82) is 0 Å². The molecule has 2 aliphatic rings. The van der Waals surface area contributed by atoms with E-state index in [9.17, 15) is 14.4 Å². The molecule has 4 rings (SSSR count). The highest BCUT2D eigenvalue weighted by Gasteiger charge is 2.55. The number of hydrogen-bond donors (Lipinski definition) is 1. The molecule has 2 aromatic rings. The Balaban J connectivity index is 1.49. The van der Waals surface area contributed by atoms with E-state index >= 15 is 0 Å². The van der Waals surface area contributed by atoms with Crippen LogP contribution in [0.1, 0.15) is 35.6 Å². The molecule has 0 bridgehead atoms. The zero-order valence-electron chi connectivity index (χ0n) is 18.3. The quantitative estimate of drug-likeness (QED) is 0.719. The summed E-state index contributed by atoms with van der Waals surface area (Å²) in [5.41, 5.74) is 2.90. The summed E-state index contributed by atoms with van der Waals surface area (Å²) in [6, 6.07) is 10.2. The number of amides is 4. The van der Waals surface area contributed by atoms with Gasteiger partial charge in [0.2, 0.25) is 11.8 Å². The van der Waals surface area contributed by atoms with Gasteiger partial charge < -0.3 is 10.2 Å². The van der Waals surface area contributed by atoms with Crippen LogP contribution >= 0.6 is 11.6 Å². The molecule has 32 heavy (non-hydrogen) atoms. The topological polar surface area (TPSA) is 82.6 Å². The fourth-order valence-corrected chi connectivity index (χ4v) is 4.83. The Hall–Kier alpha value is -2.93. The lowest BCUT2D eigenvalue weighted by Crippen LogP contribution is -2.70. The Bertz CT molecular complexity index is 1030. The fourth-order valence-electron chi connectivity index (χ4n) is 4.70. The number of benzene rings is 1. The van der Waals surface area contributed by atoms with E-state index in [4.69, 9.17) is 11.6 Å². The maximum Gasteiger partial charge on any atom is 0.327 e. The number of imide groups is 1. The average Bonchev–Trinajstić information content (AvgIpc) is 2.80. The highest BCUT2D eigenvalue weighted by molar-refractivity contribution is 6.30. The molecule has 3 heterocycles. The van der Waals surface area contributed by atoms with E-state index in [1.165, 1.54) is 7.05 Å². The van der Waals surface area contributed by atoms with E-state index in [1.54, 1.807) is 11.1 Å². The van der Waals surface area contributed by atoms with Crippen molar-refractivity contribution >= 4 is 29.4 Å². The Kier molecular flexibility index (Phi) is 6.46. The molecule has 2 aliphatic heterocycles. The van der Waals surface area contributed by atoms with Crippen LogP contribution in [0.25, 0.3) is 0 Å². The highest BCUT2D eigenvalue weighted by atomic mass is 35.5. The van der Waals surface area contributed by atoms with Crippen molar-refractivity contribution in [2.24, 2.45) is 5.92 Å². The van der Waals surface area contributed by atoms with Crippen molar-refractivity contribution < 1.29 is 14.4 Å². The SMILES string of the molecule is CNC(=O)[C@@H]1[C@@H](Cc2ccnc(C)c2)C(=O)N1C(=O)N1CCCC(c2ccc(Cl)cc2)C1. The number of carbonyl (C=O) groups excluding carboxylic acids is 3. The van der Waals surface area contributed by atoms with Crippen molar-refractivity contribution in [3.63, 3.8) is 0 Å². The Labute approximate surface area is 192 Å². The van der Waals surface area contributed by atoms with Gasteiger partial charge in [-0.2, -0.15) is 0 Å². The molecular formula is C24H27ClN4O3. The molecule has 168 valence electrons. The minimum Gasteiger partial charge on any atom is -0.357 e. The zero-order valence-corrected chi connectivity index (χ0v) is 19.0. The van der Waals surface area contributed by atoms with Crippen LogP contribution in [0, 0.1) is 12.8 Å². The van der Waals surface area contributed by atoms with Gasteiger partial charge in [-0.05, 0) is 61.6 Å². The zero-order chi connectivity index (χ0) is 22.8. The first-order valence-electron chi connectivity index (χ1n) is 10.9. The molecule has 0 spiro atoms. The maximum atomic E-state index is 13.3. The Morgan fingerprint density at radius 1 is 1.22 bits per heavy atom. The van der Waals surface area contributed by atoms with Gasteiger partial charge in [-0.3, -0.25) is 19.5 Å². The maximum absolute atomic E-state index is 13.3. The number of pyridine rings is 1. The number of β-lactam (4-membered cyclic amide) rings is 1. The Morgan fingerprint density at radius 2 is 1.97 bits per heavy atom. The van der Waals surface area contributed by atoms with E-state index in [0.29, 0.717) is 24.5 Å². The highest BCUT2D eigenvalue weighted by Crippen LogP contribution is 2.34. The van der Waals surface area contributed by atoms with E-state index in [-0.39, 0.29) is 23.8 Å². The first-order chi connectivity index (χ1) is 15.4. The third kappa shape index (κ3) is 4.35. The minimum atomic E-state index is -0.802. The number of carbonyl (C=O) groups is 3. The van der Waals surface area contributed by atoms with Gasteiger partial charge in [0.1, 0.15) is 6.04 Å². The van der Waals surface area contributed by atoms with Crippen LogP contribution < -0.4 is 5.32 Å². The molecular weight excluding hydrogens is 428 g/mol. The molecule has 2 fully saturated rings. The van der Waals surface area contributed by atoms with Gasteiger partial charge in [0.05, 0.1) is 5.92 Å². The number of urea groups is 1. The summed E-state index contributed by atoms with van der Waals surface area (Å²) < 4.78 is 0. The largest absolute Gasteiger partial charge is 0.357 e. The van der Waals surface area contributed by atoms with E-state index in [1.807, 2.05) is 43.3 Å². The lowest BCUT2D eigenvalue weighted by atomic mass is 9.81. The van der Waals surface area contributed by atoms with Gasteiger partial charge in [-0.25, -0.2) is 4.79 Å². The van der Waals surface area contributed by atoms with Gasteiger partial charge in [-0.1, -0.05) is 23.7 Å². The number of hydrogen-bond acceptors (Lipinski definition) is 4. The normalized spacial score (nSPS) is 23.0. The van der Waals surface area contributed by atoms with Gasteiger partial charge >= 0.3 is 6.03 Å². The number of likely N-dealkylation sites (tertiary alicyclic amines) is 2. The predicted octanol–water partition coefficient (Wildman–Crippen LogP) is 3.16. The molecule has 0 aliphatic carbocycles. The van der Waals surface area contributed by atoms with Crippen molar-refractivity contribution in [1.82, 2.24) is 20.1 Å². The molecule has 1 aromatic heterocycles. The Morgan fingerprint density at radius 3 is 2.66 bits per heavy atom. The van der Waals surface area contributed by atoms with Gasteiger partial charge in [-0.15, -0.1) is 0 Å². The molecule has 1 aromatic carbocycles. The summed E-state index contributed by atoms with van der Waals surface area (Å²) in [6.45, 7) is 2.96. The lowest BCUT2D eigenvalue weighted by molar-refractivity contribution is -0.158. The number of aromatic nitrogens is 1. The van der Waals surface area contributed by atoms with Crippen LogP contribution in [0.3, 0.4) is 0 Å². The van der Waals surface area contributed by atoms with Crippen LogP contribution in [0.15, 0.2) is 42.6 Å². The monoisotopic (exact) mass is 454 g/mol. The summed E-state index contributed by atoms with van der Waals surface area (Å²) in [5.74, 6) is -1.00. The molecule has 0 radical (unpaired) electrons. The van der Waals surface area contributed by atoms with Crippen LogP contribution in [0.4, 0.5) is 4.79 Å². The van der Waals surface area contributed by atoms with Crippen molar-refractivity contribution in [3.05, 3.63) is 64.4 Å². The summed E-state index contributed by atoms with van der Waals surface area (Å²) in [4.78, 5) is 46.0. The molecule has 3 atom stereocenters. The van der Waals surface area contributed by atoms with Crippen molar-refractivity contribution in [2.75, 3.05) is 20.1 Å². The summed E-state index contributed by atoms with van der Waals surface area (Å²) in [5, 5.41) is 3.29. The van der Waals surface area contributed by atoms with Crippen LogP contribution in [-0.2, 0) is 16.0 Å². The average molecular weight is 455 g/mol. The van der Waals surface area contributed by atoms with Crippen LogP contribution in [0.2, 0.25) is 5.02 Å². The van der Waals surface area contributed by atoms with E-state index in [2.05, 4.69) is 10.3 Å². The summed E-state index contributed by atoms with van der Waals surface area (Å²) >= 11 is 6.00. The van der Waals surface area contributed by atoms with Crippen molar-refractivity contribution in [2.45, 2.75) is 38.1 Å². The first kappa shape index (κ1) is 22.3.